The van der Waals surface area contributed by atoms with Gasteiger partial charge in [-0.25, -0.2) is 9.97 Å². The molecule has 1 heterocycles. The van der Waals surface area contributed by atoms with Crippen molar-refractivity contribution in [2.24, 2.45) is 0 Å². The van der Waals surface area contributed by atoms with Gasteiger partial charge in [-0.3, -0.25) is 10.1 Å². The molecule has 1 aromatic heterocycles. The molecule has 0 amide bonds. The summed E-state index contributed by atoms with van der Waals surface area (Å²) in [5.74, 6) is 1.06. The number of nitro benzene ring substituents is 1. The number of nitrogens with zero attached hydrogens (tertiary/aromatic N) is 3. The third-order valence-electron chi connectivity index (χ3n) is 2.59. The summed E-state index contributed by atoms with van der Waals surface area (Å²) in [5, 5.41) is 14.0. The van der Waals surface area contributed by atoms with E-state index in [-0.39, 0.29) is 17.3 Å². The third kappa shape index (κ3) is 3.00. The number of nitrogens with one attached hydrogen (secondary N) is 1. The first-order valence-electron chi connectivity index (χ1n) is 6.09. The fraction of sp³-hybridized carbons (Fsp3) is 0.231. The second kappa shape index (κ2) is 5.96. The topological polar surface area (TPSA) is 90.2 Å². The van der Waals surface area contributed by atoms with E-state index in [0.717, 1.165) is 0 Å². The van der Waals surface area contributed by atoms with Crippen molar-refractivity contribution in [3.8, 4) is 11.6 Å². The molecule has 2 rings (SSSR count). The van der Waals surface area contributed by atoms with Crippen molar-refractivity contribution in [3.63, 3.8) is 0 Å². The van der Waals surface area contributed by atoms with Crippen molar-refractivity contribution in [2.75, 3.05) is 11.9 Å². The zero-order valence-electron chi connectivity index (χ0n) is 11.2. The van der Waals surface area contributed by atoms with E-state index in [1.54, 1.807) is 25.1 Å². The van der Waals surface area contributed by atoms with E-state index in [4.69, 9.17) is 4.74 Å². The Morgan fingerprint density at radius 1 is 1.40 bits per heavy atom. The van der Waals surface area contributed by atoms with Gasteiger partial charge in [0.1, 0.15) is 12.1 Å². The largest absolute Gasteiger partial charge is 0.431 e. The minimum absolute atomic E-state index is 0.0892. The molecule has 0 aliphatic heterocycles. The quantitative estimate of drug-likeness (QED) is 0.666. The van der Waals surface area contributed by atoms with Gasteiger partial charge in [-0.1, -0.05) is 12.1 Å². The third-order valence-corrected chi connectivity index (χ3v) is 2.59. The van der Waals surface area contributed by atoms with E-state index in [1.165, 1.54) is 12.4 Å². The van der Waals surface area contributed by atoms with Gasteiger partial charge in [0.15, 0.2) is 0 Å². The van der Waals surface area contributed by atoms with Crippen LogP contribution in [0.4, 0.5) is 11.5 Å². The van der Waals surface area contributed by atoms with Crippen LogP contribution < -0.4 is 10.1 Å². The normalized spacial score (nSPS) is 10.1. The highest BCUT2D eigenvalue weighted by Gasteiger charge is 2.18. The Labute approximate surface area is 115 Å². The van der Waals surface area contributed by atoms with E-state index in [1.807, 2.05) is 6.92 Å². The summed E-state index contributed by atoms with van der Waals surface area (Å²) in [6.07, 6.45) is 1.34. The molecule has 0 atom stereocenters. The van der Waals surface area contributed by atoms with Gasteiger partial charge < -0.3 is 10.1 Å². The lowest BCUT2D eigenvalue weighted by Crippen LogP contribution is -2.01. The van der Waals surface area contributed by atoms with Crippen molar-refractivity contribution in [2.45, 2.75) is 13.8 Å². The number of nitro groups is 1. The highest BCUT2D eigenvalue weighted by Crippen LogP contribution is 2.33. The molecule has 0 unspecified atom stereocenters. The molecule has 0 aliphatic carbocycles. The predicted octanol–water partition coefficient (Wildman–Crippen LogP) is 2.92. The molecule has 0 aliphatic rings. The van der Waals surface area contributed by atoms with Crippen molar-refractivity contribution < 1.29 is 9.66 Å². The molecule has 0 radical (unpaired) electrons. The van der Waals surface area contributed by atoms with Gasteiger partial charge in [0.2, 0.25) is 11.6 Å². The van der Waals surface area contributed by atoms with Gasteiger partial charge in [-0.2, -0.15) is 0 Å². The number of anilines is 1. The van der Waals surface area contributed by atoms with Gasteiger partial charge in [0.25, 0.3) is 0 Å². The van der Waals surface area contributed by atoms with Crippen LogP contribution in [-0.2, 0) is 0 Å². The molecule has 1 N–H and O–H groups in total. The first kappa shape index (κ1) is 13.7. The Kier molecular flexibility index (Phi) is 4.09. The predicted molar refractivity (Wildman–Crippen MR) is 74.1 cm³/mol. The van der Waals surface area contributed by atoms with Gasteiger partial charge in [-0.05, 0) is 19.4 Å². The van der Waals surface area contributed by atoms with Gasteiger partial charge in [0.05, 0.1) is 4.92 Å². The molecule has 7 nitrogen and oxygen atoms in total. The molecule has 1 aromatic carbocycles. The Bertz CT molecular complexity index is 631. The zero-order valence-corrected chi connectivity index (χ0v) is 11.2. The molecular weight excluding hydrogens is 260 g/mol. The van der Waals surface area contributed by atoms with Crippen LogP contribution in [-0.4, -0.2) is 21.4 Å². The number of benzene rings is 1. The van der Waals surface area contributed by atoms with Crippen LogP contribution in [0.5, 0.6) is 11.6 Å². The smallest absolute Gasteiger partial charge is 0.311 e. The summed E-state index contributed by atoms with van der Waals surface area (Å²) in [6.45, 7) is 4.39. The second-order valence-electron chi connectivity index (χ2n) is 4.05. The first-order chi connectivity index (χ1) is 9.61. The lowest BCUT2D eigenvalue weighted by atomic mass is 10.2. The van der Waals surface area contributed by atoms with E-state index >= 15 is 0 Å². The Balaban J connectivity index is 2.34. The summed E-state index contributed by atoms with van der Waals surface area (Å²) in [5.41, 5.74) is 0.580. The number of hydrogen-bond donors (Lipinski definition) is 1. The van der Waals surface area contributed by atoms with Gasteiger partial charge in [-0.15, -0.1) is 0 Å². The van der Waals surface area contributed by atoms with E-state index in [2.05, 4.69) is 15.3 Å². The minimum atomic E-state index is -0.477. The van der Waals surface area contributed by atoms with Gasteiger partial charge >= 0.3 is 5.69 Å². The molecule has 0 bridgehead atoms. The summed E-state index contributed by atoms with van der Waals surface area (Å²) in [6, 6.07) is 6.35. The average molecular weight is 274 g/mol. The maximum absolute atomic E-state index is 11.0. The van der Waals surface area contributed by atoms with Crippen LogP contribution >= 0.6 is 0 Å². The Morgan fingerprint density at radius 3 is 2.90 bits per heavy atom. The van der Waals surface area contributed by atoms with Crippen molar-refractivity contribution in [1.29, 1.82) is 0 Å². The van der Waals surface area contributed by atoms with Crippen molar-refractivity contribution in [3.05, 3.63) is 46.3 Å². The molecule has 0 fully saturated rings. The molecule has 7 heteroatoms. The van der Waals surface area contributed by atoms with Crippen LogP contribution in [0.3, 0.4) is 0 Å². The number of ether oxygens (including phenoxy) is 1. The number of rotatable bonds is 5. The molecule has 0 saturated heterocycles. The molecule has 0 spiro atoms. The number of aromatic nitrogens is 2. The van der Waals surface area contributed by atoms with E-state index in [9.17, 15) is 10.1 Å². The highest BCUT2D eigenvalue weighted by molar-refractivity contribution is 5.53. The van der Waals surface area contributed by atoms with Gasteiger partial charge in [0, 0.05) is 18.7 Å². The van der Waals surface area contributed by atoms with E-state index < -0.39 is 4.92 Å². The zero-order chi connectivity index (χ0) is 14.5. The Hall–Kier alpha value is -2.70. The molecule has 0 saturated carbocycles. The van der Waals surface area contributed by atoms with Crippen LogP contribution in [0.25, 0.3) is 0 Å². The van der Waals surface area contributed by atoms with Crippen LogP contribution in [0.2, 0.25) is 0 Å². The SMILES string of the molecule is CCNc1cc(Oc2c(C)cccc2[N+](=O)[O-])ncn1. The molecule has 20 heavy (non-hydrogen) atoms. The average Bonchev–Trinajstić information content (AvgIpc) is 2.41. The fourth-order valence-corrected chi connectivity index (χ4v) is 1.69. The van der Waals surface area contributed by atoms with Crippen molar-refractivity contribution >= 4 is 11.5 Å². The maximum Gasteiger partial charge on any atom is 0.311 e. The number of hydrogen-bond acceptors (Lipinski definition) is 6. The lowest BCUT2D eigenvalue weighted by Gasteiger charge is -2.09. The second-order valence-corrected chi connectivity index (χ2v) is 4.05. The van der Waals surface area contributed by atoms with Crippen LogP contribution in [0.1, 0.15) is 12.5 Å². The summed E-state index contributed by atoms with van der Waals surface area (Å²) < 4.78 is 5.56. The molecule has 2 aromatic rings. The first-order valence-corrected chi connectivity index (χ1v) is 6.09. The number of aryl methyl sites for hydroxylation is 1. The van der Waals surface area contributed by atoms with Crippen LogP contribution in [0.15, 0.2) is 30.6 Å². The Morgan fingerprint density at radius 2 is 2.20 bits per heavy atom. The summed E-state index contributed by atoms with van der Waals surface area (Å²) >= 11 is 0. The molecule has 104 valence electrons. The monoisotopic (exact) mass is 274 g/mol. The van der Waals surface area contributed by atoms with Crippen LogP contribution in [0, 0.1) is 17.0 Å². The lowest BCUT2D eigenvalue weighted by molar-refractivity contribution is -0.385. The fourth-order valence-electron chi connectivity index (χ4n) is 1.69. The summed E-state index contributed by atoms with van der Waals surface area (Å²) in [4.78, 5) is 18.5. The minimum Gasteiger partial charge on any atom is -0.431 e. The summed E-state index contributed by atoms with van der Waals surface area (Å²) in [7, 11) is 0. The maximum atomic E-state index is 11.0. The van der Waals surface area contributed by atoms with Crippen molar-refractivity contribution in [1.82, 2.24) is 9.97 Å². The van der Waals surface area contributed by atoms with E-state index in [0.29, 0.717) is 17.9 Å². The molecular formula is C13H14N4O3. The number of para-hydroxylation sites is 1. The standard InChI is InChI=1S/C13H14N4O3/c1-3-14-11-7-12(16-8-15-11)20-13-9(2)5-4-6-10(13)17(18)19/h4-8H,3H2,1-2H3,(H,14,15,16). The highest BCUT2D eigenvalue weighted by atomic mass is 16.6.